The van der Waals surface area contributed by atoms with Gasteiger partial charge in [0, 0.05) is 50.8 Å². The number of aromatic nitrogens is 1. The van der Waals surface area contributed by atoms with Gasteiger partial charge in [0.2, 0.25) is 5.96 Å². The zero-order valence-corrected chi connectivity index (χ0v) is 18.6. The molecule has 1 aliphatic heterocycles. The Morgan fingerprint density at radius 3 is 2.09 bits per heavy atom. The highest BCUT2D eigenvalue weighted by atomic mass is 15.3. The van der Waals surface area contributed by atoms with Gasteiger partial charge in [-0.1, -0.05) is 60.7 Å². The van der Waals surface area contributed by atoms with Crippen LogP contribution in [0.4, 0.5) is 5.69 Å². The Labute approximate surface area is 195 Å². The first-order valence-corrected chi connectivity index (χ1v) is 11.3. The van der Waals surface area contributed by atoms with Crippen molar-refractivity contribution >= 4 is 11.6 Å². The van der Waals surface area contributed by atoms with Crippen LogP contribution < -0.4 is 10.6 Å². The molecule has 7 nitrogen and oxygen atoms in total. The van der Waals surface area contributed by atoms with E-state index in [-0.39, 0.29) is 6.04 Å². The number of piperazine rings is 1. The van der Waals surface area contributed by atoms with Crippen LogP contribution >= 0.6 is 0 Å². The van der Waals surface area contributed by atoms with Crippen molar-refractivity contribution in [2.24, 2.45) is 4.99 Å². The molecule has 2 heterocycles. The number of hydrogen-bond donors (Lipinski definition) is 2. The lowest BCUT2D eigenvalue weighted by atomic mass is 9.96. The van der Waals surface area contributed by atoms with Gasteiger partial charge >= 0.3 is 0 Å². The minimum absolute atomic E-state index is 0.267. The smallest absolute Gasteiger partial charge is 0.209 e. The standard InChI is InChI=1S/C26H29N7/c27-21-30-26(31-24-11-13-28-14-12-24)29-15-16-32-17-19-33(20-18-32)25(22-7-3-1-4-8-22)23-9-5-2-6-10-23/h1-14,25H,15-20H2,(H2,28,29,30,31). The number of hydrogen-bond acceptors (Lipinski definition) is 5. The largest absolute Gasteiger partial charge is 0.325 e. The number of aliphatic imine (C=N–C) groups is 1. The van der Waals surface area contributed by atoms with Gasteiger partial charge in [-0.25, -0.2) is 0 Å². The van der Waals surface area contributed by atoms with Crippen LogP contribution in [0.3, 0.4) is 0 Å². The molecule has 0 unspecified atom stereocenters. The van der Waals surface area contributed by atoms with Gasteiger partial charge in [0.1, 0.15) is 0 Å². The van der Waals surface area contributed by atoms with Crippen molar-refractivity contribution < 1.29 is 0 Å². The van der Waals surface area contributed by atoms with Gasteiger partial charge in [0.25, 0.3) is 0 Å². The van der Waals surface area contributed by atoms with E-state index in [9.17, 15) is 0 Å². The molecule has 3 aromatic rings. The molecule has 2 aromatic carbocycles. The Balaban J connectivity index is 1.34. The van der Waals surface area contributed by atoms with E-state index in [0.29, 0.717) is 12.5 Å². The summed E-state index contributed by atoms with van der Waals surface area (Å²) in [6.07, 6.45) is 5.34. The van der Waals surface area contributed by atoms with Crippen molar-refractivity contribution in [3.05, 3.63) is 96.3 Å². The molecule has 0 amide bonds. The Bertz CT molecular complexity index is 1000. The molecule has 0 spiro atoms. The second-order valence-corrected chi connectivity index (χ2v) is 7.93. The van der Waals surface area contributed by atoms with Gasteiger partial charge in [-0.2, -0.15) is 5.26 Å². The van der Waals surface area contributed by atoms with Crippen molar-refractivity contribution in [3.8, 4) is 6.19 Å². The summed E-state index contributed by atoms with van der Waals surface area (Å²) in [5.74, 6) is 0.454. The van der Waals surface area contributed by atoms with E-state index in [2.05, 4.69) is 91.1 Å². The zero-order valence-electron chi connectivity index (χ0n) is 18.6. The van der Waals surface area contributed by atoms with E-state index >= 15 is 0 Å². The summed E-state index contributed by atoms with van der Waals surface area (Å²) in [7, 11) is 0. The summed E-state index contributed by atoms with van der Waals surface area (Å²) < 4.78 is 0. The maximum atomic E-state index is 9.02. The predicted molar refractivity (Wildman–Crippen MR) is 132 cm³/mol. The molecule has 4 rings (SSSR count). The minimum Gasteiger partial charge on any atom is -0.325 e. The predicted octanol–water partition coefficient (Wildman–Crippen LogP) is 3.33. The lowest BCUT2D eigenvalue weighted by Gasteiger charge is -2.39. The average Bonchev–Trinajstić information content (AvgIpc) is 2.87. The molecule has 0 bridgehead atoms. The zero-order chi connectivity index (χ0) is 22.7. The van der Waals surface area contributed by atoms with Crippen molar-refractivity contribution in [2.75, 3.05) is 44.6 Å². The first-order valence-electron chi connectivity index (χ1n) is 11.3. The van der Waals surface area contributed by atoms with E-state index in [1.54, 1.807) is 12.4 Å². The van der Waals surface area contributed by atoms with Gasteiger partial charge in [-0.3, -0.25) is 25.1 Å². The lowest BCUT2D eigenvalue weighted by molar-refractivity contribution is 0.112. The van der Waals surface area contributed by atoms with E-state index in [1.807, 2.05) is 18.3 Å². The SMILES string of the molecule is N#CNC(=NCCN1CCN(C(c2ccccc2)c2ccccc2)CC1)Nc1ccncc1. The maximum absolute atomic E-state index is 9.02. The molecule has 168 valence electrons. The molecule has 7 heteroatoms. The number of pyridine rings is 1. The van der Waals surface area contributed by atoms with Crippen LogP contribution in [0.15, 0.2) is 90.2 Å². The number of benzene rings is 2. The molecule has 2 N–H and O–H groups in total. The third-order valence-corrected chi connectivity index (χ3v) is 5.81. The highest BCUT2D eigenvalue weighted by Crippen LogP contribution is 2.29. The minimum atomic E-state index is 0.267. The molecule has 33 heavy (non-hydrogen) atoms. The van der Waals surface area contributed by atoms with E-state index in [4.69, 9.17) is 5.26 Å². The molecule has 1 aromatic heterocycles. The van der Waals surface area contributed by atoms with Crippen molar-refractivity contribution in [1.29, 1.82) is 5.26 Å². The fraction of sp³-hybridized carbons (Fsp3) is 0.269. The third kappa shape index (κ3) is 6.39. The molecule has 0 atom stereocenters. The first kappa shape index (κ1) is 22.5. The fourth-order valence-electron chi connectivity index (χ4n) is 4.17. The van der Waals surface area contributed by atoms with Gasteiger partial charge in [-0.05, 0) is 23.3 Å². The van der Waals surface area contributed by atoms with Gasteiger partial charge < -0.3 is 5.32 Å². The molecule has 1 fully saturated rings. The number of nitrogens with zero attached hydrogens (tertiary/aromatic N) is 5. The van der Waals surface area contributed by atoms with Crippen molar-refractivity contribution in [1.82, 2.24) is 20.1 Å². The van der Waals surface area contributed by atoms with Crippen LogP contribution in [0.1, 0.15) is 17.2 Å². The monoisotopic (exact) mass is 439 g/mol. The summed E-state index contributed by atoms with van der Waals surface area (Å²) in [4.78, 5) is 13.6. The van der Waals surface area contributed by atoms with Crippen LogP contribution in [-0.4, -0.2) is 60.0 Å². The molecule has 0 saturated carbocycles. The van der Waals surface area contributed by atoms with E-state index in [1.165, 1.54) is 11.1 Å². The Morgan fingerprint density at radius 1 is 0.909 bits per heavy atom. The molecule has 0 aliphatic carbocycles. The number of guanidine groups is 1. The van der Waals surface area contributed by atoms with Gasteiger partial charge in [-0.15, -0.1) is 0 Å². The Morgan fingerprint density at radius 2 is 1.52 bits per heavy atom. The summed E-state index contributed by atoms with van der Waals surface area (Å²) in [5, 5.41) is 14.8. The normalized spacial score (nSPS) is 15.2. The summed E-state index contributed by atoms with van der Waals surface area (Å²) in [5.41, 5.74) is 3.50. The van der Waals surface area contributed by atoms with Crippen LogP contribution in [0.25, 0.3) is 0 Å². The number of rotatable bonds is 7. The quantitative estimate of drug-likeness (QED) is 0.254. The highest BCUT2D eigenvalue weighted by Gasteiger charge is 2.26. The number of anilines is 1. The summed E-state index contributed by atoms with van der Waals surface area (Å²) in [6, 6.07) is 25.4. The molecule has 1 saturated heterocycles. The van der Waals surface area contributed by atoms with Crippen LogP contribution in [0.5, 0.6) is 0 Å². The third-order valence-electron chi connectivity index (χ3n) is 5.81. The second-order valence-electron chi connectivity index (χ2n) is 7.93. The fourth-order valence-corrected chi connectivity index (χ4v) is 4.17. The van der Waals surface area contributed by atoms with Crippen LogP contribution in [0, 0.1) is 11.5 Å². The number of nitrogens with one attached hydrogen (secondary N) is 2. The number of nitriles is 1. The first-order chi connectivity index (χ1) is 16.3. The highest BCUT2D eigenvalue weighted by molar-refractivity contribution is 5.94. The van der Waals surface area contributed by atoms with Crippen molar-refractivity contribution in [2.45, 2.75) is 6.04 Å². The second kappa shape index (κ2) is 11.8. The molecule has 1 aliphatic rings. The molecular formula is C26H29N7. The van der Waals surface area contributed by atoms with Crippen LogP contribution in [-0.2, 0) is 0 Å². The average molecular weight is 440 g/mol. The van der Waals surface area contributed by atoms with E-state index < -0.39 is 0 Å². The summed E-state index contributed by atoms with van der Waals surface area (Å²) in [6.45, 7) is 5.44. The maximum Gasteiger partial charge on any atom is 0.209 e. The lowest BCUT2D eigenvalue weighted by Crippen LogP contribution is -2.48. The van der Waals surface area contributed by atoms with Gasteiger partial charge in [0.15, 0.2) is 6.19 Å². The molecule has 0 radical (unpaired) electrons. The summed E-state index contributed by atoms with van der Waals surface area (Å²) >= 11 is 0. The molecular weight excluding hydrogens is 410 g/mol. The van der Waals surface area contributed by atoms with E-state index in [0.717, 1.165) is 38.4 Å². The Hall–Kier alpha value is -3.73. The van der Waals surface area contributed by atoms with Crippen molar-refractivity contribution in [3.63, 3.8) is 0 Å². The van der Waals surface area contributed by atoms with Crippen LogP contribution in [0.2, 0.25) is 0 Å². The van der Waals surface area contributed by atoms with Gasteiger partial charge in [0.05, 0.1) is 12.6 Å². The topological polar surface area (TPSA) is 79.6 Å². The Kier molecular flexibility index (Phi) is 8.01.